The molecule has 0 bridgehead atoms. The number of carbonyl (C=O) groups excluding carboxylic acids is 3. The van der Waals surface area contributed by atoms with Gasteiger partial charge in [-0.1, -0.05) is 32.9 Å². The molecule has 0 saturated heterocycles. The number of halogens is 2. The first kappa shape index (κ1) is 38.2. The third-order valence-electron chi connectivity index (χ3n) is 7.38. The normalized spacial score (nSPS) is 12.3. The summed E-state index contributed by atoms with van der Waals surface area (Å²) in [5.41, 5.74) is -2.38. The molecule has 4 aromatic rings. The summed E-state index contributed by atoms with van der Waals surface area (Å²) in [7, 11) is -2.95. The first-order valence-electron chi connectivity index (χ1n) is 15.6. The van der Waals surface area contributed by atoms with Gasteiger partial charge >= 0.3 is 11.7 Å². The molecule has 0 aliphatic carbocycles. The number of hydrogen-bond donors (Lipinski definition) is 3. The van der Waals surface area contributed by atoms with E-state index in [0.29, 0.717) is 23.4 Å². The van der Waals surface area contributed by atoms with E-state index in [-0.39, 0.29) is 22.9 Å². The fraction of sp³-hybridized carbons (Fsp3) is 0.286. The lowest BCUT2D eigenvalue weighted by Gasteiger charge is -2.20. The number of nitrogens with one attached hydrogen (secondary N) is 3. The third kappa shape index (κ3) is 9.33. The van der Waals surface area contributed by atoms with Crippen molar-refractivity contribution in [3.05, 3.63) is 117 Å². The molecule has 13 nitrogen and oxygen atoms in total. The molecule has 0 unspecified atom stereocenters. The lowest BCUT2D eigenvalue weighted by Crippen LogP contribution is -2.44. The molecule has 0 aliphatic rings. The van der Waals surface area contributed by atoms with E-state index >= 15 is 8.78 Å². The summed E-state index contributed by atoms with van der Waals surface area (Å²) in [4.78, 5) is 62.8. The Kier molecular flexibility index (Phi) is 11.3. The predicted molar refractivity (Wildman–Crippen MR) is 185 cm³/mol. The van der Waals surface area contributed by atoms with Gasteiger partial charge in [-0.15, -0.1) is 0 Å². The maximum atomic E-state index is 15.2. The quantitative estimate of drug-likeness (QED) is 0.195. The monoisotopic (exact) mass is 725 g/mol. The zero-order valence-electron chi connectivity index (χ0n) is 28.6. The molecule has 3 N–H and O–H groups in total. The van der Waals surface area contributed by atoms with Crippen LogP contribution in [0.15, 0.2) is 87.4 Å². The Morgan fingerprint density at radius 1 is 0.902 bits per heavy atom. The summed E-state index contributed by atoms with van der Waals surface area (Å²) in [5.74, 6) is -4.92. The molecule has 2 amide bonds. The van der Waals surface area contributed by atoms with E-state index in [9.17, 15) is 32.4 Å². The Bertz CT molecular complexity index is 2190. The van der Waals surface area contributed by atoms with Crippen LogP contribution in [0.2, 0.25) is 0 Å². The number of aryl methyl sites for hydroxylation is 1. The van der Waals surface area contributed by atoms with Crippen molar-refractivity contribution >= 4 is 39.2 Å². The molecule has 16 heteroatoms. The number of hydrogen-bond acceptors (Lipinski definition) is 8. The van der Waals surface area contributed by atoms with Crippen molar-refractivity contribution in [1.29, 1.82) is 0 Å². The van der Waals surface area contributed by atoms with Crippen LogP contribution < -0.4 is 26.6 Å². The summed E-state index contributed by atoms with van der Waals surface area (Å²) < 4.78 is 65.7. The van der Waals surface area contributed by atoms with Gasteiger partial charge in [0.1, 0.15) is 17.7 Å². The molecule has 3 aromatic carbocycles. The second-order valence-electron chi connectivity index (χ2n) is 12.9. The van der Waals surface area contributed by atoms with Crippen LogP contribution >= 0.6 is 0 Å². The molecule has 0 fully saturated rings. The van der Waals surface area contributed by atoms with Gasteiger partial charge in [0.25, 0.3) is 21.5 Å². The van der Waals surface area contributed by atoms with Gasteiger partial charge in [-0.3, -0.25) is 19.1 Å². The number of ether oxygens (including phenoxy) is 1. The Morgan fingerprint density at radius 2 is 1.53 bits per heavy atom. The minimum Gasteiger partial charge on any atom is -0.461 e. The van der Waals surface area contributed by atoms with Crippen molar-refractivity contribution < 1.29 is 36.3 Å². The van der Waals surface area contributed by atoms with Crippen molar-refractivity contribution in [3.8, 4) is 5.69 Å². The topological polar surface area (TPSA) is 175 Å². The summed E-state index contributed by atoms with van der Waals surface area (Å²) >= 11 is 0. The second-order valence-corrected chi connectivity index (χ2v) is 14.6. The largest absolute Gasteiger partial charge is 0.461 e. The van der Waals surface area contributed by atoms with E-state index < -0.39 is 73.6 Å². The molecule has 0 radical (unpaired) electrons. The van der Waals surface area contributed by atoms with Crippen molar-refractivity contribution in [3.63, 3.8) is 0 Å². The van der Waals surface area contributed by atoms with E-state index in [1.165, 1.54) is 72.4 Å². The highest BCUT2D eigenvalue weighted by molar-refractivity contribution is 7.92. The summed E-state index contributed by atoms with van der Waals surface area (Å²) in [5, 5.41) is 5.00. The SMILES string of the molecule is CC(C)OC(=O)[C@H](Cc1ccc(-n2c(=O)ccn(C)c2=O)cc1)NC(=O)c1cc(F)c(NS(=O)(=O)c2ccc(NC(=O)C(C)(C)C)cc2)cc1F. The van der Waals surface area contributed by atoms with Crippen molar-refractivity contribution in [2.24, 2.45) is 12.5 Å². The van der Waals surface area contributed by atoms with E-state index in [1.807, 2.05) is 4.72 Å². The van der Waals surface area contributed by atoms with Crippen LogP contribution in [0.5, 0.6) is 0 Å². The number of esters is 1. The number of carbonyl (C=O) groups is 3. The van der Waals surface area contributed by atoms with Gasteiger partial charge in [-0.05, 0) is 61.9 Å². The standard InChI is InChI=1S/C35H37F2N5O8S/c1-20(2)50-32(45)29(17-21-7-11-23(12-8-21)42-30(43)15-16-41(6)34(42)47)39-31(44)25-18-27(37)28(19-26(25)36)40-51(48,49)24-13-9-22(10-14-24)38-33(46)35(3,4)5/h7-16,18-20,29,40H,17H2,1-6H3,(H,38,46)(H,39,44)/t29-/m0/s1. The number of aromatic nitrogens is 2. The molecular formula is C35H37F2N5O8S. The molecular weight excluding hydrogens is 688 g/mol. The molecule has 0 aliphatic heterocycles. The smallest absolute Gasteiger partial charge is 0.335 e. The molecule has 4 rings (SSSR count). The molecule has 51 heavy (non-hydrogen) atoms. The summed E-state index contributed by atoms with van der Waals surface area (Å²) in [6, 6.07) is 11.8. The second kappa shape index (κ2) is 15.1. The van der Waals surface area contributed by atoms with Gasteiger partial charge in [0.15, 0.2) is 0 Å². The zero-order valence-corrected chi connectivity index (χ0v) is 29.4. The van der Waals surface area contributed by atoms with Gasteiger partial charge in [-0.25, -0.2) is 31.4 Å². The molecule has 0 saturated carbocycles. The van der Waals surface area contributed by atoms with Crippen LogP contribution in [-0.2, 0) is 37.8 Å². The molecule has 1 heterocycles. The van der Waals surface area contributed by atoms with Crippen molar-refractivity contribution in [2.75, 3.05) is 10.0 Å². The van der Waals surface area contributed by atoms with Crippen LogP contribution in [0.4, 0.5) is 20.2 Å². The Hall–Kier alpha value is -5.64. The highest BCUT2D eigenvalue weighted by Gasteiger charge is 2.27. The van der Waals surface area contributed by atoms with Gasteiger partial charge in [0, 0.05) is 42.9 Å². The number of anilines is 2. The highest BCUT2D eigenvalue weighted by Crippen LogP contribution is 2.25. The summed E-state index contributed by atoms with van der Waals surface area (Å²) in [6.45, 7) is 8.28. The average molecular weight is 726 g/mol. The van der Waals surface area contributed by atoms with Gasteiger partial charge in [-0.2, -0.15) is 0 Å². The van der Waals surface area contributed by atoms with Crippen LogP contribution in [0, 0.1) is 17.0 Å². The van der Waals surface area contributed by atoms with Gasteiger partial charge in [0.2, 0.25) is 5.91 Å². The average Bonchev–Trinajstić information content (AvgIpc) is 3.04. The Labute approximate surface area is 292 Å². The van der Waals surface area contributed by atoms with E-state index in [4.69, 9.17) is 4.74 Å². The number of sulfonamides is 1. The molecule has 1 atom stereocenters. The van der Waals surface area contributed by atoms with Crippen LogP contribution in [0.1, 0.15) is 50.5 Å². The van der Waals surface area contributed by atoms with Gasteiger partial charge in [0.05, 0.1) is 27.9 Å². The minimum atomic E-state index is -4.43. The Balaban J connectivity index is 1.52. The summed E-state index contributed by atoms with van der Waals surface area (Å²) in [6.07, 6.45) is 0.586. The van der Waals surface area contributed by atoms with Gasteiger partial charge < -0.3 is 19.9 Å². The van der Waals surface area contributed by atoms with Crippen LogP contribution in [-0.4, -0.2) is 47.5 Å². The zero-order chi connectivity index (χ0) is 37.8. The van der Waals surface area contributed by atoms with Crippen LogP contribution in [0.3, 0.4) is 0 Å². The maximum absolute atomic E-state index is 15.2. The lowest BCUT2D eigenvalue weighted by atomic mass is 9.95. The Morgan fingerprint density at radius 3 is 2.12 bits per heavy atom. The predicted octanol–water partition coefficient (Wildman–Crippen LogP) is 3.89. The fourth-order valence-corrected chi connectivity index (χ4v) is 5.66. The van der Waals surface area contributed by atoms with E-state index in [0.717, 1.165) is 4.57 Å². The van der Waals surface area contributed by atoms with Crippen molar-refractivity contribution in [1.82, 2.24) is 14.5 Å². The number of benzene rings is 3. The highest BCUT2D eigenvalue weighted by atomic mass is 32.2. The first-order valence-corrected chi connectivity index (χ1v) is 17.1. The maximum Gasteiger partial charge on any atom is 0.335 e. The molecule has 270 valence electrons. The third-order valence-corrected chi connectivity index (χ3v) is 8.76. The number of nitrogens with zero attached hydrogens (tertiary/aromatic N) is 2. The molecule has 1 aromatic heterocycles. The van der Waals surface area contributed by atoms with E-state index in [2.05, 4.69) is 10.6 Å². The number of rotatable bonds is 11. The van der Waals surface area contributed by atoms with E-state index in [1.54, 1.807) is 34.6 Å². The number of amides is 2. The minimum absolute atomic E-state index is 0.167. The fourth-order valence-electron chi connectivity index (χ4n) is 4.60. The first-order chi connectivity index (χ1) is 23.8. The van der Waals surface area contributed by atoms with Crippen molar-refractivity contribution in [2.45, 2.75) is 58.1 Å². The van der Waals surface area contributed by atoms with Crippen LogP contribution in [0.25, 0.3) is 5.69 Å². The lowest BCUT2D eigenvalue weighted by molar-refractivity contribution is -0.149. The molecule has 0 spiro atoms.